The van der Waals surface area contributed by atoms with Gasteiger partial charge in [0.25, 0.3) is 5.91 Å². The predicted molar refractivity (Wildman–Crippen MR) is 124 cm³/mol. The van der Waals surface area contributed by atoms with Crippen LogP contribution < -0.4 is 9.47 Å². The maximum absolute atomic E-state index is 12.4. The largest absolute Gasteiger partial charge is 0.493 e. The second-order valence-electron chi connectivity index (χ2n) is 5.98. The zero-order valence-corrected chi connectivity index (χ0v) is 19.4. The molecule has 9 heteroatoms. The van der Waals surface area contributed by atoms with Gasteiger partial charge in [-0.2, -0.15) is 0 Å². The molecule has 3 rings (SSSR count). The molecule has 0 N–H and O–H groups in total. The average Bonchev–Trinajstić information content (AvgIpc) is 2.94. The van der Waals surface area contributed by atoms with Gasteiger partial charge < -0.3 is 9.47 Å². The summed E-state index contributed by atoms with van der Waals surface area (Å²) < 4.78 is 11.8. The van der Waals surface area contributed by atoms with Crippen LogP contribution in [0.15, 0.2) is 35.2 Å². The lowest BCUT2D eigenvalue weighted by Gasteiger charge is -2.14. The van der Waals surface area contributed by atoms with Crippen molar-refractivity contribution in [3.05, 3.63) is 61.4 Å². The monoisotopic (exact) mass is 487 g/mol. The number of methoxy groups -OCH3 is 1. The van der Waals surface area contributed by atoms with Crippen molar-refractivity contribution in [1.82, 2.24) is 4.90 Å². The molecule has 0 saturated carbocycles. The maximum atomic E-state index is 12.4. The summed E-state index contributed by atoms with van der Waals surface area (Å²) in [7, 11) is 1.52. The highest BCUT2D eigenvalue weighted by Crippen LogP contribution is 2.39. The number of hydrogen-bond acceptors (Lipinski definition) is 5. The Bertz CT molecular complexity index is 1010. The molecule has 2 aromatic rings. The standard InChI is InChI=1S/C20H16Cl3NO3S2/c1-3-24-19(25)17(29-20(24)28)8-11-6-15(23)18(16(7-11)26-2)27-10-12-4-5-13(21)9-14(12)22/h4-9H,3,10H2,1-2H3/b17-8-. The van der Waals surface area contributed by atoms with Crippen LogP contribution in [0, 0.1) is 0 Å². The minimum Gasteiger partial charge on any atom is -0.493 e. The molecule has 0 bridgehead atoms. The average molecular weight is 489 g/mol. The van der Waals surface area contributed by atoms with E-state index in [1.807, 2.05) is 6.92 Å². The lowest BCUT2D eigenvalue weighted by atomic mass is 10.1. The van der Waals surface area contributed by atoms with Gasteiger partial charge in [0.05, 0.1) is 17.0 Å². The van der Waals surface area contributed by atoms with E-state index in [0.717, 1.165) is 5.56 Å². The first-order valence-electron chi connectivity index (χ1n) is 8.53. The van der Waals surface area contributed by atoms with E-state index in [2.05, 4.69) is 0 Å². The molecular weight excluding hydrogens is 473 g/mol. The van der Waals surface area contributed by atoms with Crippen LogP contribution in [0.4, 0.5) is 0 Å². The van der Waals surface area contributed by atoms with E-state index in [1.165, 1.54) is 18.9 Å². The number of thiocarbonyl (C=S) groups is 1. The molecule has 0 unspecified atom stereocenters. The summed E-state index contributed by atoms with van der Waals surface area (Å²) in [5.41, 5.74) is 1.47. The first-order valence-corrected chi connectivity index (χ1v) is 10.9. The van der Waals surface area contributed by atoms with Crippen molar-refractivity contribution in [2.24, 2.45) is 0 Å². The Kier molecular flexibility index (Phi) is 7.35. The summed E-state index contributed by atoms with van der Waals surface area (Å²) in [6, 6.07) is 8.64. The number of hydrogen-bond donors (Lipinski definition) is 0. The van der Waals surface area contributed by atoms with Crippen LogP contribution in [0.2, 0.25) is 15.1 Å². The molecule has 1 amide bonds. The molecule has 4 nitrogen and oxygen atoms in total. The molecule has 1 fully saturated rings. The highest BCUT2D eigenvalue weighted by atomic mass is 35.5. The Morgan fingerprint density at radius 3 is 2.55 bits per heavy atom. The highest BCUT2D eigenvalue weighted by molar-refractivity contribution is 8.26. The molecule has 152 valence electrons. The minimum atomic E-state index is -0.115. The smallest absolute Gasteiger partial charge is 0.266 e. The van der Waals surface area contributed by atoms with Crippen LogP contribution in [0.3, 0.4) is 0 Å². The van der Waals surface area contributed by atoms with Crippen molar-refractivity contribution in [1.29, 1.82) is 0 Å². The Hall–Kier alpha value is -1.44. The number of ether oxygens (including phenoxy) is 2. The second-order valence-corrected chi connectivity index (χ2v) is 8.91. The topological polar surface area (TPSA) is 38.8 Å². The van der Waals surface area contributed by atoms with E-state index in [0.29, 0.717) is 47.9 Å². The number of likely N-dealkylation sites (N-methyl/N-ethyl adjacent to an activating group) is 1. The normalized spacial score (nSPS) is 15.3. The summed E-state index contributed by atoms with van der Waals surface area (Å²) in [5.74, 6) is 0.716. The summed E-state index contributed by atoms with van der Waals surface area (Å²) >= 11 is 25.1. The predicted octanol–water partition coefficient (Wildman–Crippen LogP) is 6.46. The van der Waals surface area contributed by atoms with Gasteiger partial charge in [0.1, 0.15) is 10.9 Å². The highest BCUT2D eigenvalue weighted by Gasteiger charge is 2.30. The van der Waals surface area contributed by atoms with Gasteiger partial charge in [-0.25, -0.2) is 0 Å². The quantitative estimate of drug-likeness (QED) is 0.345. The number of halogens is 3. The SMILES string of the molecule is CCN1C(=O)/C(=C/c2cc(Cl)c(OCc3ccc(Cl)cc3Cl)c(OC)c2)SC1=S. The molecule has 2 aromatic carbocycles. The van der Waals surface area contributed by atoms with E-state index >= 15 is 0 Å². The van der Waals surface area contributed by atoms with Gasteiger partial charge in [-0.3, -0.25) is 9.69 Å². The van der Waals surface area contributed by atoms with Crippen LogP contribution in [0.25, 0.3) is 6.08 Å². The number of carbonyl (C=O) groups is 1. The molecular formula is C20H16Cl3NO3S2. The number of nitrogens with zero attached hydrogens (tertiary/aromatic N) is 1. The number of carbonyl (C=O) groups excluding carboxylic acids is 1. The molecule has 1 aliphatic rings. The summed E-state index contributed by atoms with van der Waals surface area (Å²) in [6.07, 6.45) is 1.74. The van der Waals surface area contributed by atoms with Gasteiger partial charge in [0, 0.05) is 22.2 Å². The van der Waals surface area contributed by atoms with Crippen LogP contribution >= 0.6 is 58.8 Å². The van der Waals surface area contributed by atoms with Gasteiger partial charge in [0.15, 0.2) is 11.5 Å². The Labute approximate surface area is 193 Å². The molecule has 0 aliphatic carbocycles. The van der Waals surface area contributed by atoms with Crippen molar-refractivity contribution in [3.8, 4) is 11.5 Å². The van der Waals surface area contributed by atoms with Crippen molar-refractivity contribution < 1.29 is 14.3 Å². The van der Waals surface area contributed by atoms with Gasteiger partial charge in [0.2, 0.25) is 0 Å². The number of thioether (sulfide) groups is 1. The third kappa shape index (κ3) is 5.01. The lowest BCUT2D eigenvalue weighted by molar-refractivity contribution is -0.121. The van der Waals surface area contributed by atoms with Crippen molar-refractivity contribution in [2.45, 2.75) is 13.5 Å². The van der Waals surface area contributed by atoms with Crippen LogP contribution in [-0.4, -0.2) is 28.8 Å². The number of benzene rings is 2. The molecule has 29 heavy (non-hydrogen) atoms. The van der Waals surface area contributed by atoms with Gasteiger partial charge in [-0.1, -0.05) is 64.8 Å². The van der Waals surface area contributed by atoms with E-state index in [9.17, 15) is 4.79 Å². The zero-order valence-electron chi connectivity index (χ0n) is 15.5. The van der Waals surface area contributed by atoms with Gasteiger partial charge in [-0.15, -0.1) is 0 Å². The van der Waals surface area contributed by atoms with Crippen molar-refractivity contribution in [2.75, 3.05) is 13.7 Å². The molecule has 0 atom stereocenters. The fourth-order valence-electron chi connectivity index (χ4n) is 2.68. The first kappa shape index (κ1) is 22.2. The van der Waals surface area contributed by atoms with Crippen molar-refractivity contribution >= 4 is 75.1 Å². The Morgan fingerprint density at radius 1 is 1.17 bits per heavy atom. The van der Waals surface area contributed by atoms with Crippen molar-refractivity contribution in [3.63, 3.8) is 0 Å². The molecule has 0 radical (unpaired) electrons. The summed E-state index contributed by atoms with van der Waals surface area (Å²) in [5, 5.41) is 1.40. The fourth-order valence-corrected chi connectivity index (χ4v) is 4.80. The van der Waals surface area contributed by atoms with E-state index < -0.39 is 0 Å². The summed E-state index contributed by atoms with van der Waals surface area (Å²) in [6.45, 7) is 2.61. The van der Waals surface area contributed by atoms with Crippen LogP contribution in [0.1, 0.15) is 18.1 Å². The minimum absolute atomic E-state index is 0.115. The summed E-state index contributed by atoms with van der Waals surface area (Å²) in [4.78, 5) is 14.5. The molecule has 1 aliphatic heterocycles. The fraction of sp³-hybridized carbons (Fsp3) is 0.200. The Balaban J connectivity index is 1.85. The van der Waals surface area contributed by atoms with Gasteiger partial charge >= 0.3 is 0 Å². The van der Waals surface area contributed by atoms with E-state index in [4.69, 9.17) is 56.5 Å². The first-order chi connectivity index (χ1) is 13.8. The van der Waals surface area contributed by atoms with Crippen LogP contribution in [-0.2, 0) is 11.4 Å². The molecule has 0 spiro atoms. The van der Waals surface area contributed by atoms with Crippen LogP contribution in [0.5, 0.6) is 11.5 Å². The van der Waals surface area contributed by atoms with Gasteiger partial charge in [-0.05, 0) is 42.8 Å². The lowest BCUT2D eigenvalue weighted by Crippen LogP contribution is -2.27. The third-order valence-electron chi connectivity index (χ3n) is 4.13. The Morgan fingerprint density at radius 2 is 1.93 bits per heavy atom. The van der Waals surface area contributed by atoms with E-state index in [-0.39, 0.29) is 12.5 Å². The number of rotatable bonds is 6. The third-order valence-corrected chi connectivity index (χ3v) is 6.37. The molecule has 1 saturated heterocycles. The molecule has 0 aromatic heterocycles. The second kappa shape index (κ2) is 9.58. The number of amides is 1. The zero-order chi connectivity index (χ0) is 21.1. The van der Waals surface area contributed by atoms with E-state index in [1.54, 1.807) is 41.3 Å². The molecule has 1 heterocycles. The maximum Gasteiger partial charge on any atom is 0.266 e.